The second-order valence-electron chi connectivity index (χ2n) is 5.28. The monoisotopic (exact) mass is 308 g/mol. The lowest BCUT2D eigenvalue weighted by Crippen LogP contribution is -2.40. The number of nitrogens with one attached hydrogen (secondary N) is 1. The van der Waals surface area contributed by atoms with Crippen molar-refractivity contribution < 1.29 is 4.74 Å². The predicted octanol–water partition coefficient (Wildman–Crippen LogP) is 3.69. The highest BCUT2D eigenvalue weighted by atomic mass is 79.9. The molecule has 1 atom stereocenters. The maximum absolute atomic E-state index is 8.96. The molecule has 18 heavy (non-hydrogen) atoms. The van der Waals surface area contributed by atoms with Gasteiger partial charge in [-0.05, 0) is 44.9 Å². The third-order valence-corrected chi connectivity index (χ3v) is 3.55. The zero-order valence-corrected chi connectivity index (χ0v) is 12.3. The topological polar surface area (TPSA) is 45.0 Å². The Bertz CT molecular complexity index is 479. The van der Waals surface area contributed by atoms with Crippen molar-refractivity contribution in [3.05, 3.63) is 28.2 Å². The van der Waals surface area contributed by atoms with Crippen molar-refractivity contribution in [2.75, 3.05) is 11.9 Å². The van der Waals surface area contributed by atoms with Crippen LogP contribution in [0, 0.1) is 11.3 Å². The number of nitrogens with zero attached hydrogens (tertiary/aromatic N) is 1. The summed E-state index contributed by atoms with van der Waals surface area (Å²) in [4.78, 5) is 0. The Morgan fingerprint density at radius 3 is 2.89 bits per heavy atom. The second-order valence-corrected chi connectivity index (χ2v) is 6.20. The van der Waals surface area contributed by atoms with Gasteiger partial charge in [-0.2, -0.15) is 5.26 Å². The van der Waals surface area contributed by atoms with Gasteiger partial charge in [-0.15, -0.1) is 0 Å². The molecule has 0 saturated carbocycles. The zero-order valence-electron chi connectivity index (χ0n) is 10.7. The number of nitriles is 1. The van der Waals surface area contributed by atoms with Gasteiger partial charge in [-0.25, -0.2) is 0 Å². The Morgan fingerprint density at radius 1 is 1.44 bits per heavy atom. The van der Waals surface area contributed by atoms with E-state index in [2.05, 4.69) is 41.2 Å². The summed E-state index contributed by atoms with van der Waals surface area (Å²) in [6, 6.07) is 8.27. The minimum atomic E-state index is -0.0695. The molecule has 1 aliphatic heterocycles. The van der Waals surface area contributed by atoms with E-state index >= 15 is 0 Å². The SMILES string of the molecule is CC1(C)CC(Nc2cc(Br)cc(C#N)c2)CCO1. The van der Waals surface area contributed by atoms with E-state index in [1.165, 1.54) is 0 Å². The van der Waals surface area contributed by atoms with Crippen LogP contribution in [-0.4, -0.2) is 18.2 Å². The summed E-state index contributed by atoms with van der Waals surface area (Å²) in [5.41, 5.74) is 1.59. The van der Waals surface area contributed by atoms with E-state index in [4.69, 9.17) is 10.00 Å². The van der Waals surface area contributed by atoms with Gasteiger partial charge in [0.05, 0.1) is 17.2 Å². The molecule has 0 spiro atoms. The minimum Gasteiger partial charge on any atom is -0.382 e. The van der Waals surface area contributed by atoms with Crippen molar-refractivity contribution in [1.29, 1.82) is 5.26 Å². The fourth-order valence-electron chi connectivity index (χ4n) is 2.33. The molecule has 96 valence electrons. The van der Waals surface area contributed by atoms with Crippen molar-refractivity contribution in [2.24, 2.45) is 0 Å². The van der Waals surface area contributed by atoms with Gasteiger partial charge >= 0.3 is 0 Å². The minimum absolute atomic E-state index is 0.0695. The van der Waals surface area contributed by atoms with Crippen LogP contribution in [-0.2, 0) is 4.74 Å². The maximum Gasteiger partial charge on any atom is 0.0992 e. The molecule has 0 amide bonds. The van der Waals surface area contributed by atoms with E-state index in [1.807, 2.05) is 18.2 Å². The van der Waals surface area contributed by atoms with E-state index in [0.717, 1.165) is 29.6 Å². The molecule has 1 fully saturated rings. The lowest BCUT2D eigenvalue weighted by molar-refractivity contribution is -0.0553. The van der Waals surface area contributed by atoms with Crippen LogP contribution < -0.4 is 5.32 Å². The number of hydrogen-bond acceptors (Lipinski definition) is 3. The van der Waals surface area contributed by atoms with Gasteiger partial charge < -0.3 is 10.1 Å². The van der Waals surface area contributed by atoms with Gasteiger partial charge in [0.25, 0.3) is 0 Å². The number of ether oxygens (including phenoxy) is 1. The van der Waals surface area contributed by atoms with Gasteiger partial charge in [0.2, 0.25) is 0 Å². The molecule has 1 aromatic rings. The van der Waals surface area contributed by atoms with Crippen molar-refractivity contribution in [3.63, 3.8) is 0 Å². The zero-order chi connectivity index (χ0) is 13.2. The van der Waals surface area contributed by atoms with Gasteiger partial charge in [0.1, 0.15) is 0 Å². The van der Waals surface area contributed by atoms with Gasteiger partial charge in [-0.3, -0.25) is 0 Å². The highest BCUT2D eigenvalue weighted by Gasteiger charge is 2.28. The lowest BCUT2D eigenvalue weighted by atomic mass is 9.94. The summed E-state index contributed by atoms with van der Waals surface area (Å²) in [6.45, 7) is 5.01. The second kappa shape index (κ2) is 5.29. The number of hydrogen-bond donors (Lipinski definition) is 1. The Balaban J connectivity index is 2.10. The van der Waals surface area contributed by atoms with Crippen LogP contribution in [0.2, 0.25) is 0 Å². The van der Waals surface area contributed by atoms with E-state index in [9.17, 15) is 0 Å². The van der Waals surface area contributed by atoms with Crippen molar-refractivity contribution in [1.82, 2.24) is 0 Å². The Hall–Kier alpha value is -1.05. The summed E-state index contributed by atoms with van der Waals surface area (Å²) in [7, 11) is 0. The first-order chi connectivity index (χ1) is 8.48. The van der Waals surface area contributed by atoms with Crippen molar-refractivity contribution >= 4 is 21.6 Å². The first-order valence-electron chi connectivity index (χ1n) is 6.10. The molecule has 4 heteroatoms. The average molecular weight is 309 g/mol. The standard InChI is InChI=1S/C14H17BrN2O/c1-14(2)8-12(3-4-18-14)17-13-6-10(9-16)5-11(15)7-13/h5-7,12,17H,3-4,8H2,1-2H3. The van der Waals surface area contributed by atoms with Crippen LogP contribution in [0.4, 0.5) is 5.69 Å². The number of anilines is 1. The molecular weight excluding hydrogens is 292 g/mol. The Kier molecular flexibility index (Phi) is 3.94. The smallest absolute Gasteiger partial charge is 0.0992 e. The summed E-state index contributed by atoms with van der Waals surface area (Å²) >= 11 is 3.43. The molecule has 1 unspecified atom stereocenters. The highest BCUT2D eigenvalue weighted by molar-refractivity contribution is 9.10. The van der Waals surface area contributed by atoms with Gasteiger partial charge in [-0.1, -0.05) is 15.9 Å². The molecule has 0 bridgehead atoms. The molecule has 2 rings (SSSR count). The van der Waals surface area contributed by atoms with Crippen molar-refractivity contribution in [3.8, 4) is 6.07 Å². The number of rotatable bonds is 2. The highest BCUT2D eigenvalue weighted by Crippen LogP contribution is 2.27. The predicted molar refractivity (Wildman–Crippen MR) is 75.5 cm³/mol. The fraction of sp³-hybridized carbons (Fsp3) is 0.500. The molecule has 1 N–H and O–H groups in total. The van der Waals surface area contributed by atoms with Crippen LogP contribution >= 0.6 is 15.9 Å². The normalized spacial score (nSPS) is 22.2. The summed E-state index contributed by atoms with van der Waals surface area (Å²) < 4.78 is 6.63. The van der Waals surface area contributed by atoms with E-state index in [-0.39, 0.29) is 5.60 Å². The first kappa shape index (κ1) is 13.4. The molecule has 0 aliphatic carbocycles. The molecule has 0 aromatic heterocycles. The third-order valence-electron chi connectivity index (χ3n) is 3.09. The molecule has 0 radical (unpaired) electrons. The molecular formula is C14H17BrN2O. The lowest BCUT2D eigenvalue weighted by Gasteiger charge is -2.36. The van der Waals surface area contributed by atoms with Crippen LogP contribution in [0.1, 0.15) is 32.3 Å². The maximum atomic E-state index is 8.96. The number of benzene rings is 1. The van der Waals surface area contributed by atoms with E-state index in [0.29, 0.717) is 11.6 Å². The van der Waals surface area contributed by atoms with Crippen LogP contribution in [0.25, 0.3) is 0 Å². The van der Waals surface area contributed by atoms with Gasteiger partial charge in [0.15, 0.2) is 0 Å². The Morgan fingerprint density at radius 2 is 2.22 bits per heavy atom. The van der Waals surface area contributed by atoms with E-state index in [1.54, 1.807) is 0 Å². The van der Waals surface area contributed by atoms with E-state index < -0.39 is 0 Å². The largest absolute Gasteiger partial charge is 0.382 e. The molecule has 1 saturated heterocycles. The summed E-state index contributed by atoms with van der Waals surface area (Å²) in [5, 5.41) is 12.4. The average Bonchev–Trinajstić information content (AvgIpc) is 2.26. The van der Waals surface area contributed by atoms with Crippen LogP contribution in [0.3, 0.4) is 0 Å². The molecule has 1 heterocycles. The Labute approximate surface area is 116 Å². The molecule has 1 aromatic carbocycles. The van der Waals surface area contributed by atoms with Crippen LogP contribution in [0.15, 0.2) is 22.7 Å². The third kappa shape index (κ3) is 3.47. The number of halogens is 1. The summed E-state index contributed by atoms with van der Waals surface area (Å²) in [5.74, 6) is 0. The van der Waals surface area contributed by atoms with Crippen molar-refractivity contribution in [2.45, 2.75) is 38.3 Å². The summed E-state index contributed by atoms with van der Waals surface area (Å²) in [6.07, 6.45) is 1.97. The molecule has 1 aliphatic rings. The van der Waals surface area contributed by atoms with Gasteiger partial charge in [0, 0.05) is 22.8 Å². The molecule has 3 nitrogen and oxygen atoms in total. The van der Waals surface area contributed by atoms with Crippen LogP contribution in [0.5, 0.6) is 0 Å². The first-order valence-corrected chi connectivity index (χ1v) is 6.89. The fourth-order valence-corrected chi connectivity index (χ4v) is 2.82. The quantitative estimate of drug-likeness (QED) is 0.906.